The van der Waals surface area contributed by atoms with Crippen LogP contribution in [0.4, 0.5) is 5.13 Å². The van der Waals surface area contributed by atoms with E-state index in [1.165, 1.54) is 12.8 Å². The highest BCUT2D eigenvalue weighted by atomic mass is 32.1. The van der Waals surface area contributed by atoms with Crippen molar-refractivity contribution in [1.29, 1.82) is 0 Å². The highest BCUT2D eigenvalue weighted by Gasteiger charge is 2.14. The molecule has 0 aromatic carbocycles. The van der Waals surface area contributed by atoms with Crippen molar-refractivity contribution in [3.05, 3.63) is 5.01 Å². The molecule has 2 heterocycles. The van der Waals surface area contributed by atoms with E-state index in [2.05, 4.69) is 29.4 Å². The molecule has 1 aliphatic heterocycles. The standard InChI is InChI=1S/C12H21N3OS/c1-9(2)6-11-14-15-12(17-11)13-7-10-4-3-5-16-8-10/h9-10H,3-8H2,1-2H3,(H,13,15). The lowest BCUT2D eigenvalue weighted by molar-refractivity contribution is 0.0595. The fourth-order valence-corrected chi connectivity index (χ4v) is 2.92. The Kier molecular flexibility index (Phi) is 4.74. The smallest absolute Gasteiger partial charge is 0.205 e. The zero-order valence-electron chi connectivity index (χ0n) is 10.6. The molecule has 1 saturated heterocycles. The maximum Gasteiger partial charge on any atom is 0.205 e. The summed E-state index contributed by atoms with van der Waals surface area (Å²) in [6.07, 6.45) is 3.46. The highest BCUT2D eigenvalue weighted by Crippen LogP contribution is 2.20. The molecule has 0 spiro atoms. The fourth-order valence-electron chi connectivity index (χ4n) is 1.96. The first kappa shape index (κ1) is 12.8. The van der Waals surface area contributed by atoms with Crippen LogP contribution in [-0.2, 0) is 11.2 Å². The van der Waals surface area contributed by atoms with E-state index >= 15 is 0 Å². The number of ether oxygens (including phenoxy) is 1. The SMILES string of the molecule is CC(C)Cc1nnc(NCC2CCCOC2)s1. The number of hydrogen-bond acceptors (Lipinski definition) is 5. The lowest BCUT2D eigenvalue weighted by Crippen LogP contribution is -2.24. The van der Waals surface area contributed by atoms with Crippen molar-refractivity contribution in [3.63, 3.8) is 0 Å². The minimum Gasteiger partial charge on any atom is -0.381 e. The molecule has 17 heavy (non-hydrogen) atoms. The predicted octanol–water partition coefficient (Wildman–Crippen LogP) is 2.58. The first-order valence-corrected chi connectivity index (χ1v) is 7.19. The van der Waals surface area contributed by atoms with E-state index in [1.54, 1.807) is 11.3 Å². The van der Waals surface area contributed by atoms with Crippen LogP contribution in [0.15, 0.2) is 0 Å². The molecular weight excluding hydrogens is 234 g/mol. The zero-order valence-corrected chi connectivity index (χ0v) is 11.4. The summed E-state index contributed by atoms with van der Waals surface area (Å²) in [4.78, 5) is 0. The molecule has 1 N–H and O–H groups in total. The van der Waals surface area contributed by atoms with Crippen LogP contribution in [0.3, 0.4) is 0 Å². The van der Waals surface area contributed by atoms with Crippen molar-refractivity contribution in [1.82, 2.24) is 10.2 Å². The molecule has 4 nitrogen and oxygen atoms in total. The Balaban J connectivity index is 1.76. The summed E-state index contributed by atoms with van der Waals surface area (Å²) in [7, 11) is 0. The molecule has 0 amide bonds. The summed E-state index contributed by atoms with van der Waals surface area (Å²) in [6.45, 7) is 7.16. The topological polar surface area (TPSA) is 47.0 Å². The number of hydrogen-bond donors (Lipinski definition) is 1. The van der Waals surface area contributed by atoms with E-state index in [0.29, 0.717) is 11.8 Å². The van der Waals surface area contributed by atoms with Gasteiger partial charge in [-0.05, 0) is 24.7 Å². The average molecular weight is 255 g/mol. The van der Waals surface area contributed by atoms with Gasteiger partial charge in [-0.1, -0.05) is 25.2 Å². The monoisotopic (exact) mass is 255 g/mol. The molecule has 0 aliphatic carbocycles. The maximum atomic E-state index is 5.46. The molecule has 1 aliphatic rings. The van der Waals surface area contributed by atoms with Gasteiger partial charge in [0.2, 0.25) is 5.13 Å². The minimum atomic E-state index is 0.626. The molecule has 1 fully saturated rings. The van der Waals surface area contributed by atoms with E-state index in [0.717, 1.165) is 36.3 Å². The second-order valence-corrected chi connectivity index (χ2v) is 6.13. The lowest BCUT2D eigenvalue weighted by Gasteiger charge is -2.21. The van der Waals surface area contributed by atoms with Gasteiger partial charge in [-0.2, -0.15) is 0 Å². The second-order valence-electron chi connectivity index (χ2n) is 5.06. The Hall–Kier alpha value is -0.680. The molecule has 0 saturated carbocycles. The Labute approximate surface area is 107 Å². The van der Waals surface area contributed by atoms with Crippen LogP contribution < -0.4 is 5.32 Å². The molecule has 1 unspecified atom stereocenters. The molecule has 1 atom stereocenters. The van der Waals surface area contributed by atoms with Crippen LogP contribution in [-0.4, -0.2) is 30.0 Å². The molecule has 1 aromatic rings. The van der Waals surface area contributed by atoms with Gasteiger partial charge in [-0.15, -0.1) is 10.2 Å². The van der Waals surface area contributed by atoms with E-state index in [1.807, 2.05) is 0 Å². The highest BCUT2D eigenvalue weighted by molar-refractivity contribution is 7.15. The summed E-state index contributed by atoms with van der Waals surface area (Å²) >= 11 is 1.68. The van der Waals surface area contributed by atoms with Gasteiger partial charge in [0.1, 0.15) is 5.01 Å². The zero-order chi connectivity index (χ0) is 12.1. The van der Waals surface area contributed by atoms with Crippen molar-refractivity contribution in [2.24, 2.45) is 11.8 Å². The van der Waals surface area contributed by atoms with Gasteiger partial charge in [0, 0.05) is 19.6 Å². The van der Waals surface area contributed by atoms with E-state index in [9.17, 15) is 0 Å². The number of aromatic nitrogens is 2. The molecule has 2 rings (SSSR count). The van der Waals surface area contributed by atoms with Crippen LogP contribution in [0.5, 0.6) is 0 Å². The second kappa shape index (κ2) is 6.31. The summed E-state index contributed by atoms with van der Waals surface area (Å²) < 4.78 is 5.46. The first-order valence-electron chi connectivity index (χ1n) is 6.38. The van der Waals surface area contributed by atoms with E-state index in [-0.39, 0.29) is 0 Å². The van der Waals surface area contributed by atoms with Gasteiger partial charge in [0.15, 0.2) is 0 Å². The van der Waals surface area contributed by atoms with Crippen molar-refractivity contribution < 1.29 is 4.74 Å². The third kappa shape index (κ3) is 4.24. The van der Waals surface area contributed by atoms with Gasteiger partial charge in [-0.25, -0.2) is 0 Å². The molecule has 5 heteroatoms. The molecule has 0 bridgehead atoms. The third-order valence-corrected chi connectivity index (χ3v) is 3.75. The number of nitrogens with zero attached hydrogens (tertiary/aromatic N) is 2. The Morgan fingerprint density at radius 2 is 2.35 bits per heavy atom. The molecule has 0 radical (unpaired) electrons. The van der Waals surface area contributed by atoms with E-state index < -0.39 is 0 Å². The summed E-state index contributed by atoms with van der Waals surface area (Å²) in [6, 6.07) is 0. The van der Waals surface area contributed by atoms with Gasteiger partial charge in [0.25, 0.3) is 0 Å². The largest absolute Gasteiger partial charge is 0.381 e. The Morgan fingerprint density at radius 3 is 3.06 bits per heavy atom. The normalized spacial score (nSPS) is 20.8. The fraction of sp³-hybridized carbons (Fsp3) is 0.833. The van der Waals surface area contributed by atoms with Gasteiger partial charge < -0.3 is 10.1 Å². The van der Waals surface area contributed by atoms with Crippen LogP contribution in [0, 0.1) is 11.8 Å². The summed E-state index contributed by atoms with van der Waals surface area (Å²) in [5.74, 6) is 1.27. The maximum absolute atomic E-state index is 5.46. The van der Waals surface area contributed by atoms with Crippen LogP contribution in [0.1, 0.15) is 31.7 Å². The molecule has 96 valence electrons. The Morgan fingerprint density at radius 1 is 1.47 bits per heavy atom. The van der Waals surface area contributed by atoms with Crippen molar-refractivity contribution in [2.45, 2.75) is 33.1 Å². The van der Waals surface area contributed by atoms with Crippen molar-refractivity contribution in [3.8, 4) is 0 Å². The van der Waals surface area contributed by atoms with E-state index in [4.69, 9.17) is 4.74 Å². The van der Waals surface area contributed by atoms with Crippen LogP contribution >= 0.6 is 11.3 Å². The van der Waals surface area contributed by atoms with Crippen molar-refractivity contribution >= 4 is 16.5 Å². The van der Waals surface area contributed by atoms with Gasteiger partial charge >= 0.3 is 0 Å². The van der Waals surface area contributed by atoms with Gasteiger partial charge in [-0.3, -0.25) is 0 Å². The summed E-state index contributed by atoms with van der Waals surface area (Å²) in [5.41, 5.74) is 0. The van der Waals surface area contributed by atoms with Gasteiger partial charge in [0.05, 0.1) is 6.61 Å². The Bertz CT molecular complexity index is 334. The number of rotatable bonds is 5. The minimum absolute atomic E-state index is 0.626. The number of nitrogens with one attached hydrogen (secondary N) is 1. The molecule has 1 aromatic heterocycles. The summed E-state index contributed by atoms with van der Waals surface area (Å²) in [5, 5.41) is 13.8. The third-order valence-electron chi connectivity index (χ3n) is 2.85. The van der Waals surface area contributed by atoms with Crippen LogP contribution in [0.25, 0.3) is 0 Å². The number of anilines is 1. The van der Waals surface area contributed by atoms with Crippen molar-refractivity contribution in [2.75, 3.05) is 25.1 Å². The van der Waals surface area contributed by atoms with Crippen LogP contribution in [0.2, 0.25) is 0 Å². The first-order chi connectivity index (χ1) is 8.24. The quantitative estimate of drug-likeness (QED) is 0.878. The lowest BCUT2D eigenvalue weighted by atomic mass is 10.0. The molecular formula is C12H21N3OS. The average Bonchev–Trinajstić information content (AvgIpc) is 2.75. The predicted molar refractivity (Wildman–Crippen MR) is 70.5 cm³/mol.